The molecule has 2 amide bonds. The number of benzene rings is 1. The summed E-state index contributed by atoms with van der Waals surface area (Å²) in [7, 11) is 0. The number of aromatic nitrogens is 2. The molecule has 1 N–H and O–H groups in total. The third-order valence-corrected chi connectivity index (χ3v) is 7.08. The van der Waals surface area contributed by atoms with E-state index in [0.29, 0.717) is 18.0 Å². The summed E-state index contributed by atoms with van der Waals surface area (Å²) in [6.45, 7) is 10.0. The number of imidazole rings is 1. The van der Waals surface area contributed by atoms with Gasteiger partial charge < -0.3 is 14.6 Å². The molecule has 34 heavy (non-hydrogen) atoms. The van der Waals surface area contributed by atoms with E-state index >= 15 is 0 Å². The minimum absolute atomic E-state index is 0.0639. The summed E-state index contributed by atoms with van der Waals surface area (Å²) in [5.74, 6) is 0.577. The Morgan fingerprint density at radius 2 is 1.79 bits per heavy atom. The number of fused-ring (bicyclic) bond motifs is 1. The van der Waals surface area contributed by atoms with Gasteiger partial charge >= 0.3 is 0 Å². The predicted octanol–water partition coefficient (Wildman–Crippen LogP) is 3.70. The Balaban J connectivity index is 1.28. The van der Waals surface area contributed by atoms with Crippen molar-refractivity contribution < 1.29 is 9.59 Å². The molecule has 0 radical (unpaired) electrons. The topological polar surface area (TPSA) is 70.0 Å². The second-order valence-corrected chi connectivity index (χ2v) is 9.03. The average molecular weight is 462 g/mol. The number of hydrogen-bond acceptors (Lipinski definition) is 4. The molecule has 2 aromatic heterocycles. The Labute approximate surface area is 201 Å². The van der Waals surface area contributed by atoms with Gasteiger partial charge in [-0.25, -0.2) is 4.98 Å². The van der Waals surface area contributed by atoms with Crippen molar-refractivity contribution in [2.45, 2.75) is 52.1 Å². The van der Waals surface area contributed by atoms with Gasteiger partial charge in [-0.15, -0.1) is 0 Å². The van der Waals surface area contributed by atoms with Crippen LogP contribution in [-0.4, -0.2) is 63.2 Å². The van der Waals surface area contributed by atoms with E-state index in [4.69, 9.17) is 0 Å². The van der Waals surface area contributed by atoms with Crippen LogP contribution in [0, 0.1) is 0 Å². The molecule has 1 aromatic carbocycles. The highest BCUT2D eigenvalue weighted by Crippen LogP contribution is 2.28. The van der Waals surface area contributed by atoms with Crippen molar-refractivity contribution in [1.82, 2.24) is 24.5 Å². The summed E-state index contributed by atoms with van der Waals surface area (Å²) in [6, 6.07) is 11.8. The Bertz CT molecular complexity index is 1110. The lowest BCUT2D eigenvalue weighted by Crippen LogP contribution is -2.49. The molecule has 0 saturated carbocycles. The SMILES string of the molecule is CCN(CC)[C@@H](C)C(=O)N1CCC(c2ccc(C(=O)NCc3ccn4ccnc4c3)cc2)CC1. The monoisotopic (exact) mass is 461 g/mol. The summed E-state index contributed by atoms with van der Waals surface area (Å²) in [5.41, 5.74) is 3.78. The van der Waals surface area contributed by atoms with E-state index in [-0.39, 0.29) is 17.9 Å². The molecular formula is C27H35N5O2. The Morgan fingerprint density at radius 3 is 2.47 bits per heavy atom. The highest BCUT2D eigenvalue weighted by atomic mass is 16.2. The molecule has 7 nitrogen and oxygen atoms in total. The zero-order valence-corrected chi connectivity index (χ0v) is 20.4. The van der Waals surface area contributed by atoms with Crippen LogP contribution in [0.1, 0.15) is 61.0 Å². The predicted molar refractivity (Wildman–Crippen MR) is 134 cm³/mol. The van der Waals surface area contributed by atoms with E-state index in [2.05, 4.69) is 41.2 Å². The molecule has 1 atom stereocenters. The van der Waals surface area contributed by atoms with Gasteiger partial charge in [-0.2, -0.15) is 0 Å². The normalized spacial score (nSPS) is 15.6. The van der Waals surface area contributed by atoms with E-state index in [9.17, 15) is 9.59 Å². The zero-order chi connectivity index (χ0) is 24.1. The number of hydrogen-bond donors (Lipinski definition) is 1. The van der Waals surface area contributed by atoms with Crippen molar-refractivity contribution in [3.8, 4) is 0 Å². The smallest absolute Gasteiger partial charge is 0.251 e. The molecule has 1 aliphatic rings. The van der Waals surface area contributed by atoms with Crippen LogP contribution in [0.25, 0.3) is 5.65 Å². The van der Waals surface area contributed by atoms with Gasteiger partial charge in [0.05, 0.1) is 6.04 Å². The number of piperidine rings is 1. The quantitative estimate of drug-likeness (QED) is 0.555. The standard InChI is InChI=1S/C27H35N5O2/c1-4-30(5-2)20(3)27(34)32-15-11-23(12-16-32)22-6-8-24(9-7-22)26(33)29-19-21-10-14-31-17-13-28-25(31)18-21/h6-10,13-14,17-18,20,23H,4-5,11-12,15-16,19H2,1-3H3,(H,29,33)/t20-/m0/s1. The van der Waals surface area contributed by atoms with Crippen LogP contribution in [-0.2, 0) is 11.3 Å². The summed E-state index contributed by atoms with van der Waals surface area (Å²) < 4.78 is 1.94. The fourth-order valence-electron chi connectivity index (χ4n) is 4.88. The Kier molecular flexibility index (Phi) is 7.63. The van der Waals surface area contributed by atoms with Crippen LogP contribution < -0.4 is 5.32 Å². The van der Waals surface area contributed by atoms with Gasteiger partial charge in [0, 0.05) is 43.8 Å². The molecule has 180 valence electrons. The molecule has 1 saturated heterocycles. The van der Waals surface area contributed by atoms with E-state index in [1.165, 1.54) is 5.56 Å². The fourth-order valence-corrected chi connectivity index (χ4v) is 4.88. The van der Waals surface area contributed by atoms with Crippen LogP contribution >= 0.6 is 0 Å². The minimum Gasteiger partial charge on any atom is -0.348 e. The van der Waals surface area contributed by atoms with E-state index in [1.54, 1.807) is 6.20 Å². The van der Waals surface area contributed by atoms with Crippen LogP contribution in [0.3, 0.4) is 0 Å². The fraction of sp³-hybridized carbons (Fsp3) is 0.444. The number of carbonyl (C=O) groups excluding carboxylic acids is 2. The van der Waals surface area contributed by atoms with Crippen LogP contribution in [0.5, 0.6) is 0 Å². The third-order valence-electron chi connectivity index (χ3n) is 7.08. The lowest BCUT2D eigenvalue weighted by molar-refractivity contribution is -0.137. The van der Waals surface area contributed by atoms with Crippen molar-refractivity contribution >= 4 is 17.5 Å². The first-order valence-corrected chi connectivity index (χ1v) is 12.3. The number of pyridine rings is 1. The molecule has 1 fully saturated rings. The number of nitrogens with one attached hydrogen (secondary N) is 1. The summed E-state index contributed by atoms with van der Waals surface area (Å²) in [5, 5.41) is 2.99. The van der Waals surface area contributed by atoms with Crippen molar-refractivity contribution in [3.63, 3.8) is 0 Å². The molecule has 3 aromatic rings. The zero-order valence-electron chi connectivity index (χ0n) is 20.4. The van der Waals surface area contributed by atoms with E-state index < -0.39 is 0 Å². The second-order valence-electron chi connectivity index (χ2n) is 9.03. The number of rotatable bonds is 8. The number of nitrogens with zero attached hydrogens (tertiary/aromatic N) is 4. The third kappa shape index (κ3) is 5.30. The van der Waals surface area contributed by atoms with Crippen molar-refractivity contribution in [2.75, 3.05) is 26.2 Å². The maximum absolute atomic E-state index is 12.9. The maximum atomic E-state index is 12.9. The van der Waals surface area contributed by atoms with Gasteiger partial charge in [-0.3, -0.25) is 14.5 Å². The van der Waals surface area contributed by atoms with Gasteiger partial charge in [-0.1, -0.05) is 26.0 Å². The van der Waals surface area contributed by atoms with Crippen LogP contribution in [0.15, 0.2) is 55.0 Å². The summed E-state index contributed by atoms with van der Waals surface area (Å²) >= 11 is 0. The molecular weight excluding hydrogens is 426 g/mol. The van der Waals surface area contributed by atoms with Gasteiger partial charge in [-0.05, 0) is 74.2 Å². The van der Waals surface area contributed by atoms with E-state index in [0.717, 1.165) is 50.2 Å². The van der Waals surface area contributed by atoms with Crippen LogP contribution in [0.4, 0.5) is 0 Å². The second kappa shape index (κ2) is 10.8. The molecule has 0 aliphatic carbocycles. The van der Waals surface area contributed by atoms with Gasteiger partial charge in [0.25, 0.3) is 5.91 Å². The van der Waals surface area contributed by atoms with E-state index in [1.807, 2.05) is 52.9 Å². The first-order valence-electron chi connectivity index (χ1n) is 12.3. The first kappa shape index (κ1) is 24.0. The minimum atomic E-state index is -0.0828. The summed E-state index contributed by atoms with van der Waals surface area (Å²) in [6.07, 6.45) is 7.51. The number of carbonyl (C=O) groups is 2. The number of likely N-dealkylation sites (tertiary alicyclic amines) is 1. The molecule has 7 heteroatoms. The summed E-state index contributed by atoms with van der Waals surface area (Å²) in [4.78, 5) is 34.0. The van der Waals surface area contributed by atoms with Crippen LogP contribution in [0.2, 0.25) is 0 Å². The number of amides is 2. The van der Waals surface area contributed by atoms with Crippen molar-refractivity contribution in [3.05, 3.63) is 71.7 Å². The van der Waals surface area contributed by atoms with Gasteiger partial charge in [0.1, 0.15) is 5.65 Å². The first-order chi connectivity index (χ1) is 16.5. The van der Waals surface area contributed by atoms with Gasteiger partial charge in [0.15, 0.2) is 0 Å². The van der Waals surface area contributed by atoms with Gasteiger partial charge in [0.2, 0.25) is 5.91 Å². The molecule has 0 unspecified atom stereocenters. The molecule has 1 aliphatic heterocycles. The molecule has 0 spiro atoms. The molecule has 3 heterocycles. The molecule has 4 rings (SSSR count). The number of likely N-dealkylation sites (N-methyl/N-ethyl adjacent to an activating group) is 1. The highest BCUT2D eigenvalue weighted by molar-refractivity contribution is 5.94. The Morgan fingerprint density at radius 1 is 1.09 bits per heavy atom. The lowest BCUT2D eigenvalue weighted by Gasteiger charge is -2.36. The van der Waals surface area contributed by atoms with Crippen molar-refractivity contribution in [2.24, 2.45) is 0 Å². The highest BCUT2D eigenvalue weighted by Gasteiger charge is 2.28. The van der Waals surface area contributed by atoms with Crippen molar-refractivity contribution in [1.29, 1.82) is 0 Å². The lowest BCUT2D eigenvalue weighted by atomic mass is 9.88. The molecule has 0 bridgehead atoms. The largest absolute Gasteiger partial charge is 0.348 e. The average Bonchev–Trinajstić information content (AvgIpc) is 3.35. The maximum Gasteiger partial charge on any atom is 0.251 e. The Hall–Kier alpha value is -3.19.